The molecular weight excluding hydrogens is 371 g/mol. The van der Waals surface area contributed by atoms with Crippen molar-refractivity contribution < 1.29 is 21.6 Å². The lowest BCUT2D eigenvalue weighted by Crippen LogP contribution is -3.00. The zero-order chi connectivity index (χ0) is 16.5. The van der Waals surface area contributed by atoms with E-state index in [4.69, 9.17) is 21.8 Å². The Hall–Kier alpha value is -1.28. The topological polar surface area (TPSA) is 94.0 Å². The fourth-order valence-electron chi connectivity index (χ4n) is 1.89. The molecule has 0 fully saturated rings. The van der Waals surface area contributed by atoms with Gasteiger partial charge in [-0.3, -0.25) is 4.79 Å². The van der Waals surface area contributed by atoms with Crippen molar-refractivity contribution >= 4 is 35.0 Å². The number of nitrogens with two attached hydrogens (primary N) is 1. The summed E-state index contributed by atoms with van der Waals surface area (Å²) in [5.74, 6) is 0.640. The molecule has 3 N–H and O–H groups in total. The van der Waals surface area contributed by atoms with Gasteiger partial charge in [-0.15, -0.1) is 10.2 Å². The average molecular weight is 390 g/mol. The van der Waals surface area contributed by atoms with Crippen molar-refractivity contribution in [1.29, 1.82) is 0 Å². The van der Waals surface area contributed by atoms with Crippen LogP contribution in [-0.4, -0.2) is 28.4 Å². The average Bonchev–Trinajstić information content (AvgIpc) is 2.98. The Morgan fingerprint density at radius 1 is 1.29 bits per heavy atom. The van der Waals surface area contributed by atoms with Crippen LogP contribution >= 0.6 is 23.4 Å². The second kappa shape index (κ2) is 11.3. The Balaban J connectivity index is 0.00000288. The first-order valence-electron chi connectivity index (χ1n) is 7.38. The first-order valence-corrected chi connectivity index (χ1v) is 8.74. The number of hydrogen-bond acceptors (Lipinski definition) is 6. The lowest BCUT2D eigenvalue weighted by atomic mass is 10.2. The minimum absolute atomic E-state index is 0. The number of anilines is 1. The van der Waals surface area contributed by atoms with Crippen molar-refractivity contribution in [3.63, 3.8) is 0 Å². The van der Waals surface area contributed by atoms with Crippen LogP contribution in [0, 0.1) is 0 Å². The van der Waals surface area contributed by atoms with Crippen molar-refractivity contribution in [2.45, 2.75) is 30.9 Å². The number of aromatic nitrogens is 2. The van der Waals surface area contributed by atoms with Crippen molar-refractivity contribution in [2.75, 3.05) is 17.6 Å². The van der Waals surface area contributed by atoms with Gasteiger partial charge in [0.2, 0.25) is 11.8 Å². The molecule has 0 atom stereocenters. The number of aryl methyl sites for hydroxylation is 1. The number of nitrogens with zero attached hydrogens (tertiary/aromatic N) is 2. The van der Waals surface area contributed by atoms with Gasteiger partial charge in [-0.1, -0.05) is 35.9 Å². The number of hydrogen-bond donors (Lipinski definition) is 2. The molecule has 2 rings (SSSR count). The number of benzene rings is 1. The quantitative estimate of drug-likeness (QED) is 0.467. The molecule has 6 nitrogen and oxygen atoms in total. The summed E-state index contributed by atoms with van der Waals surface area (Å²) in [6, 6.07) is 7.00. The number of amides is 1. The summed E-state index contributed by atoms with van der Waals surface area (Å²) in [6.45, 7) is 0.701. The summed E-state index contributed by atoms with van der Waals surface area (Å²) in [5, 5.41) is 11.6. The van der Waals surface area contributed by atoms with E-state index >= 15 is 0 Å². The lowest BCUT2D eigenvalue weighted by molar-refractivity contribution is -0.113. The summed E-state index contributed by atoms with van der Waals surface area (Å²) >= 11 is 7.08. The predicted octanol–water partition coefficient (Wildman–Crippen LogP) is 0.129. The van der Waals surface area contributed by atoms with Gasteiger partial charge in [-0.05, 0) is 37.6 Å². The monoisotopic (exact) mass is 389 g/mol. The van der Waals surface area contributed by atoms with E-state index < -0.39 is 0 Å². The Morgan fingerprint density at radius 3 is 2.88 bits per heavy atom. The number of nitrogens with one attached hydrogen (secondary N) is 1. The van der Waals surface area contributed by atoms with Gasteiger partial charge in [0.15, 0.2) is 0 Å². The molecule has 0 saturated heterocycles. The van der Waals surface area contributed by atoms with Gasteiger partial charge in [-0.25, -0.2) is 0 Å². The molecule has 0 aliphatic heterocycles. The van der Waals surface area contributed by atoms with Crippen LogP contribution in [0.2, 0.25) is 5.02 Å². The summed E-state index contributed by atoms with van der Waals surface area (Å²) in [6.07, 6.45) is 3.75. The Labute approximate surface area is 156 Å². The van der Waals surface area contributed by atoms with Gasteiger partial charge in [-0.2, -0.15) is 0 Å². The highest BCUT2D eigenvalue weighted by atomic mass is 35.5. The van der Waals surface area contributed by atoms with Crippen molar-refractivity contribution in [2.24, 2.45) is 5.73 Å². The van der Waals surface area contributed by atoms with Gasteiger partial charge in [0, 0.05) is 17.1 Å². The molecule has 1 aromatic heterocycles. The number of unbranched alkanes of at least 4 members (excludes halogenated alkanes) is 2. The molecule has 1 heterocycles. The maximum atomic E-state index is 11.9. The highest BCUT2D eigenvalue weighted by Gasteiger charge is 2.10. The van der Waals surface area contributed by atoms with Crippen molar-refractivity contribution in [3.8, 4) is 0 Å². The third-order valence-electron chi connectivity index (χ3n) is 2.98. The largest absolute Gasteiger partial charge is 1.00 e. The predicted molar refractivity (Wildman–Crippen MR) is 91.7 cm³/mol. The molecule has 132 valence electrons. The lowest BCUT2D eigenvalue weighted by Gasteiger charge is -2.03. The van der Waals surface area contributed by atoms with Crippen LogP contribution in [-0.2, 0) is 11.2 Å². The van der Waals surface area contributed by atoms with Crippen LogP contribution in [0.1, 0.15) is 25.2 Å². The highest BCUT2D eigenvalue weighted by molar-refractivity contribution is 7.99. The van der Waals surface area contributed by atoms with E-state index in [1.165, 1.54) is 11.8 Å². The first-order chi connectivity index (χ1) is 11.2. The molecular formula is C15H19Cl2N4O2S-. The van der Waals surface area contributed by atoms with Gasteiger partial charge in [0.25, 0.3) is 5.22 Å². The minimum atomic E-state index is -0.153. The summed E-state index contributed by atoms with van der Waals surface area (Å²) in [4.78, 5) is 11.9. The van der Waals surface area contributed by atoms with Crippen LogP contribution in [0.5, 0.6) is 0 Å². The third kappa shape index (κ3) is 7.53. The molecule has 0 aliphatic carbocycles. The maximum absolute atomic E-state index is 11.9. The molecule has 0 saturated carbocycles. The molecule has 0 unspecified atom stereocenters. The van der Waals surface area contributed by atoms with E-state index in [1.54, 1.807) is 24.3 Å². The number of carbonyl (C=O) groups excluding carboxylic acids is 1. The molecule has 2 aromatic rings. The fourth-order valence-corrected chi connectivity index (χ4v) is 2.66. The zero-order valence-electron chi connectivity index (χ0n) is 13.0. The third-order valence-corrected chi connectivity index (χ3v) is 4.03. The molecule has 0 spiro atoms. The summed E-state index contributed by atoms with van der Waals surface area (Å²) in [7, 11) is 0. The number of rotatable bonds is 9. The van der Waals surface area contributed by atoms with E-state index in [0.29, 0.717) is 28.4 Å². The van der Waals surface area contributed by atoms with E-state index in [-0.39, 0.29) is 24.1 Å². The van der Waals surface area contributed by atoms with E-state index in [9.17, 15) is 4.79 Å². The summed E-state index contributed by atoms with van der Waals surface area (Å²) in [5.41, 5.74) is 6.10. The smallest absolute Gasteiger partial charge is 0.277 e. The normalized spacial score (nSPS) is 10.2. The van der Waals surface area contributed by atoms with Crippen LogP contribution in [0.25, 0.3) is 0 Å². The molecule has 0 radical (unpaired) electrons. The molecule has 0 aliphatic rings. The standard InChI is InChI=1S/C15H19ClN4O2S.ClH/c16-11-5-4-6-12(9-11)18-13(21)10-23-15-20-19-14(22-15)7-2-1-3-8-17;/h4-6,9H,1-3,7-8,10,17H2,(H,18,21);1H/p-1. The summed E-state index contributed by atoms with van der Waals surface area (Å²) < 4.78 is 5.49. The van der Waals surface area contributed by atoms with Crippen molar-refractivity contribution in [3.05, 3.63) is 35.2 Å². The Morgan fingerprint density at radius 2 is 2.12 bits per heavy atom. The number of carbonyl (C=O) groups is 1. The molecule has 9 heteroatoms. The van der Waals surface area contributed by atoms with Gasteiger partial charge in [0.1, 0.15) is 0 Å². The van der Waals surface area contributed by atoms with Gasteiger partial charge in [0.05, 0.1) is 5.75 Å². The Bertz CT molecular complexity index is 639. The van der Waals surface area contributed by atoms with E-state index in [2.05, 4.69) is 15.5 Å². The fraction of sp³-hybridized carbons (Fsp3) is 0.400. The maximum Gasteiger partial charge on any atom is 0.277 e. The van der Waals surface area contributed by atoms with E-state index in [0.717, 1.165) is 25.7 Å². The van der Waals surface area contributed by atoms with Gasteiger partial charge >= 0.3 is 0 Å². The molecule has 1 amide bonds. The number of halogens is 2. The first kappa shape index (κ1) is 20.8. The Kier molecular flexibility index (Phi) is 9.78. The minimum Gasteiger partial charge on any atom is -1.00 e. The number of thioether (sulfide) groups is 1. The van der Waals surface area contributed by atoms with Crippen LogP contribution in [0.4, 0.5) is 5.69 Å². The second-order valence-corrected chi connectivity index (χ2v) is 6.27. The van der Waals surface area contributed by atoms with Crippen molar-refractivity contribution in [1.82, 2.24) is 10.2 Å². The SMILES string of the molecule is NCCCCCc1nnc(SCC(=O)Nc2cccc(Cl)c2)o1.[Cl-]. The van der Waals surface area contributed by atoms with Crippen LogP contribution < -0.4 is 23.5 Å². The molecule has 24 heavy (non-hydrogen) atoms. The van der Waals surface area contributed by atoms with Crippen LogP contribution in [0.3, 0.4) is 0 Å². The van der Waals surface area contributed by atoms with E-state index in [1.807, 2.05) is 0 Å². The zero-order valence-corrected chi connectivity index (χ0v) is 15.3. The van der Waals surface area contributed by atoms with Gasteiger partial charge < -0.3 is 27.9 Å². The highest BCUT2D eigenvalue weighted by Crippen LogP contribution is 2.19. The van der Waals surface area contributed by atoms with Crippen LogP contribution in [0.15, 0.2) is 33.9 Å². The molecule has 0 bridgehead atoms. The molecule has 1 aromatic carbocycles. The second-order valence-electron chi connectivity index (χ2n) is 4.91.